The van der Waals surface area contributed by atoms with Gasteiger partial charge in [-0.25, -0.2) is 4.98 Å². The molecule has 37 heavy (non-hydrogen) atoms. The first-order valence-corrected chi connectivity index (χ1v) is 13.6. The summed E-state index contributed by atoms with van der Waals surface area (Å²) in [5, 5.41) is 13.4. The van der Waals surface area contributed by atoms with Gasteiger partial charge in [-0.15, -0.1) is 21.5 Å². The van der Waals surface area contributed by atoms with Gasteiger partial charge in [-0.05, 0) is 35.9 Å². The molecule has 0 radical (unpaired) electrons. The maximum Gasteiger partial charge on any atom is 0.236 e. The third-order valence-corrected chi connectivity index (χ3v) is 7.49. The van der Waals surface area contributed by atoms with E-state index in [1.807, 2.05) is 89.5 Å². The van der Waals surface area contributed by atoms with E-state index in [1.165, 1.54) is 23.1 Å². The zero-order valence-corrected chi connectivity index (χ0v) is 22.0. The molecule has 5 aromatic rings. The highest BCUT2D eigenvalue weighted by molar-refractivity contribution is 7.99. The van der Waals surface area contributed by atoms with Crippen LogP contribution in [0.2, 0.25) is 5.02 Å². The third-order valence-electron chi connectivity index (χ3n) is 5.28. The van der Waals surface area contributed by atoms with Crippen molar-refractivity contribution in [3.63, 3.8) is 0 Å². The highest BCUT2D eigenvalue weighted by atomic mass is 35.5. The summed E-state index contributed by atoms with van der Waals surface area (Å²) >= 11 is 9.00. The Labute approximate surface area is 227 Å². The lowest BCUT2D eigenvalue weighted by atomic mass is 10.1. The van der Waals surface area contributed by atoms with Crippen molar-refractivity contribution < 1.29 is 9.53 Å². The Morgan fingerprint density at radius 3 is 2.49 bits per heavy atom. The van der Waals surface area contributed by atoms with E-state index in [1.54, 1.807) is 6.20 Å². The summed E-state index contributed by atoms with van der Waals surface area (Å²) in [5.41, 5.74) is 1.92. The summed E-state index contributed by atoms with van der Waals surface area (Å²) < 4.78 is 7.81. The maximum absolute atomic E-state index is 12.7. The number of hydrogen-bond acceptors (Lipinski definition) is 7. The third kappa shape index (κ3) is 6.56. The van der Waals surface area contributed by atoms with Gasteiger partial charge in [0.05, 0.1) is 5.75 Å². The van der Waals surface area contributed by atoms with Gasteiger partial charge in [0.15, 0.2) is 16.1 Å². The summed E-state index contributed by atoms with van der Waals surface area (Å²) in [6.07, 6.45) is 2.43. The van der Waals surface area contributed by atoms with E-state index in [9.17, 15) is 4.79 Å². The van der Waals surface area contributed by atoms with Gasteiger partial charge < -0.3 is 10.1 Å². The average Bonchev–Trinajstić information content (AvgIpc) is 3.55. The molecule has 1 N–H and O–H groups in total. The number of nitrogens with one attached hydrogen (secondary N) is 1. The van der Waals surface area contributed by atoms with Crippen LogP contribution in [0.5, 0.6) is 5.75 Å². The quantitative estimate of drug-likeness (QED) is 0.207. The molecule has 0 bridgehead atoms. The van der Waals surface area contributed by atoms with Gasteiger partial charge in [0, 0.05) is 28.2 Å². The van der Waals surface area contributed by atoms with Crippen molar-refractivity contribution >= 4 is 45.7 Å². The Morgan fingerprint density at radius 1 is 0.973 bits per heavy atom. The van der Waals surface area contributed by atoms with E-state index >= 15 is 0 Å². The van der Waals surface area contributed by atoms with Gasteiger partial charge in [0.25, 0.3) is 0 Å². The van der Waals surface area contributed by atoms with Crippen LogP contribution in [-0.2, 0) is 17.8 Å². The molecule has 0 aliphatic carbocycles. The fourth-order valence-electron chi connectivity index (χ4n) is 3.55. The van der Waals surface area contributed by atoms with Crippen molar-refractivity contribution in [3.8, 4) is 11.4 Å². The zero-order valence-electron chi connectivity index (χ0n) is 19.6. The number of hydrogen-bond donors (Lipinski definition) is 1. The molecule has 0 saturated carbocycles. The first-order valence-electron chi connectivity index (χ1n) is 11.4. The van der Waals surface area contributed by atoms with Crippen molar-refractivity contribution in [1.29, 1.82) is 0 Å². The number of rotatable bonds is 10. The Kier molecular flexibility index (Phi) is 8.15. The van der Waals surface area contributed by atoms with E-state index < -0.39 is 0 Å². The number of ether oxygens (including phenoxy) is 1. The standard InChI is InChI=1S/C27H22ClN5O2S2/c28-23-14-8-7-9-19(23)15-22-16-29-26(37-22)30-25(34)18-36-27-32-31-24(17-35-21-12-5-2-6-13-21)33(27)20-10-3-1-4-11-20/h1-14,16H,15,17-18H2,(H,29,30,34). The molecule has 0 aliphatic rings. The molecule has 0 atom stereocenters. The lowest BCUT2D eigenvalue weighted by Crippen LogP contribution is -2.14. The topological polar surface area (TPSA) is 81.9 Å². The second kappa shape index (κ2) is 12.1. The first kappa shape index (κ1) is 25.0. The van der Waals surface area contributed by atoms with E-state index in [-0.39, 0.29) is 18.3 Å². The minimum atomic E-state index is -0.173. The molecule has 2 heterocycles. The Morgan fingerprint density at radius 2 is 1.70 bits per heavy atom. The molecule has 7 nitrogen and oxygen atoms in total. The van der Waals surface area contributed by atoms with E-state index in [2.05, 4.69) is 20.5 Å². The maximum atomic E-state index is 12.7. The van der Waals surface area contributed by atoms with E-state index in [4.69, 9.17) is 16.3 Å². The summed E-state index contributed by atoms with van der Waals surface area (Å²) in [6, 6.07) is 27.0. The fourth-order valence-corrected chi connectivity index (χ4v) is 5.38. The highest BCUT2D eigenvalue weighted by Crippen LogP contribution is 2.26. The molecular formula is C27H22ClN5O2S2. The van der Waals surface area contributed by atoms with E-state index in [0.29, 0.717) is 27.6 Å². The lowest BCUT2D eigenvalue weighted by Gasteiger charge is -2.11. The van der Waals surface area contributed by atoms with Crippen LogP contribution in [0.3, 0.4) is 0 Å². The Hall–Kier alpha value is -3.66. The highest BCUT2D eigenvalue weighted by Gasteiger charge is 2.17. The normalized spacial score (nSPS) is 10.8. The fraction of sp³-hybridized carbons (Fsp3) is 0.111. The van der Waals surface area contributed by atoms with Gasteiger partial charge in [0.2, 0.25) is 5.91 Å². The zero-order chi connectivity index (χ0) is 25.5. The molecular weight excluding hydrogens is 526 g/mol. The molecule has 1 amide bonds. The van der Waals surface area contributed by atoms with Crippen LogP contribution in [0.15, 0.2) is 96.3 Å². The predicted molar refractivity (Wildman–Crippen MR) is 148 cm³/mol. The molecule has 0 saturated heterocycles. The minimum Gasteiger partial charge on any atom is -0.486 e. The number of carbonyl (C=O) groups is 1. The Bertz CT molecular complexity index is 1470. The van der Waals surface area contributed by atoms with Crippen LogP contribution in [0.4, 0.5) is 5.13 Å². The number of para-hydroxylation sites is 2. The largest absolute Gasteiger partial charge is 0.486 e. The SMILES string of the molecule is O=C(CSc1nnc(COc2ccccc2)n1-c1ccccc1)Nc1ncc(Cc2ccccc2Cl)s1. The molecule has 0 fully saturated rings. The van der Waals surface area contributed by atoms with Gasteiger partial charge in [-0.2, -0.15) is 0 Å². The van der Waals surface area contributed by atoms with Crippen molar-refractivity contribution in [2.45, 2.75) is 18.2 Å². The average molecular weight is 548 g/mol. The number of carbonyl (C=O) groups excluding carboxylic acids is 1. The number of benzene rings is 3. The van der Waals surface area contributed by atoms with Gasteiger partial charge in [-0.3, -0.25) is 9.36 Å². The summed E-state index contributed by atoms with van der Waals surface area (Å²) in [7, 11) is 0. The van der Waals surface area contributed by atoms with Crippen molar-refractivity contribution in [3.05, 3.63) is 112 Å². The van der Waals surface area contributed by atoms with Crippen molar-refractivity contribution in [1.82, 2.24) is 19.7 Å². The molecule has 0 unspecified atom stereocenters. The van der Waals surface area contributed by atoms with Crippen LogP contribution in [-0.4, -0.2) is 31.4 Å². The lowest BCUT2D eigenvalue weighted by molar-refractivity contribution is -0.113. The molecule has 0 spiro atoms. The number of anilines is 1. The molecule has 2 aromatic heterocycles. The second-order valence-electron chi connectivity index (χ2n) is 7.91. The smallest absolute Gasteiger partial charge is 0.236 e. The number of thiazole rings is 1. The number of halogens is 1. The van der Waals surface area contributed by atoms with Crippen LogP contribution in [0, 0.1) is 0 Å². The Balaban J connectivity index is 1.23. The van der Waals surface area contributed by atoms with Crippen LogP contribution in [0.1, 0.15) is 16.3 Å². The summed E-state index contributed by atoms with van der Waals surface area (Å²) in [4.78, 5) is 18.1. The monoisotopic (exact) mass is 547 g/mol. The molecule has 10 heteroatoms. The number of thioether (sulfide) groups is 1. The number of aromatic nitrogens is 4. The van der Waals surface area contributed by atoms with Crippen molar-refractivity contribution in [2.75, 3.05) is 11.1 Å². The van der Waals surface area contributed by atoms with Crippen molar-refractivity contribution in [2.24, 2.45) is 0 Å². The molecule has 3 aromatic carbocycles. The summed E-state index contributed by atoms with van der Waals surface area (Å²) in [6.45, 7) is 0.242. The molecule has 186 valence electrons. The van der Waals surface area contributed by atoms with E-state index in [0.717, 1.165) is 21.9 Å². The number of nitrogens with zero attached hydrogens (tertiary/aromatic N) is 4. The second-order valence-corrected chi connectivity index (χ2v) is 10.4. The minimum absolute atomic E-state index is 0.157. The molecule has 5 rings (SSSR count). The first-order chi connectivity index (χ1) is 18.2. The summed E-state index contributed by atoms with van der Waals surface area (Å²) in [5.74, 6) is 1.37. The van der Waals surface area contributed by atoms with Crippen LogP contribution < -0.4 is 10.1 Å². The number of amides is 1. The van der Waals surface area contributed by atoms with Crippen LogP contribution >= 0.6 is 34.7 Å². The van der Waals surface area contributed by atoms with Crippen LogP contribution in [0.25, 0.3) is 5.69 Å². The predicted octanol–water partition coefficient (Wildman–Crippen LogP) is 6.28. The van der Waals surface area contributed by atoms with Gasteiger partial charge in [-0.1, -0.05) is 78.0 Å². The van der Waals surface area contributed by atoms with Gasteiger partial charge >= 0.3 is 0 Å². The van der Waals surface area contributed by atoms with Gasteiger partial charge in [0.1, 0.15) is 12.4 Å². The molecule has 0 aliphatic heterocycles.